The summed E-state index contributed by atoms with van der Waals surface area (Å²) in [7, 11) is 0. The number of carbonyl (C=O) groups is 1. The van der Waals surface area contributed by atoms with E-state index < -0.39 is 5.76 Å². The van der Waals surface area contributed by atoms with E-state index in [0.29, 0.717) is 30.3 Å². The van der Waals surface area contributed by atoms with Crippen molar-refractivity contribution in [1.82, 2.24) is 14.9 Å². The molecule has 1 aliphatic carbocycles. The van der Waals surface area contributed by atoms with Gasteiger partial charge in [-0.15, -0.1) is 0 Å². The first kappa shape index (κ1) is 20.7. The van der Waals surface area contributed by atoms with E-state index in [0.717, 1.165) is 29.1 Å². The molecule has 1 amide bonds. The highest BCUT2D eigenvalue weighted by atomic mass is 35.5. The Morgan fingerprint density at radius 2 is 2.16 bits per heavy atom. The van der Waals surface area contributed by atoms with E-state index in [1.165, 1.54) is 4.57 Å². The van der Waals surface area contributed by atoms with Gasteiger partial charge in [-0.25, -0.2) is 14.3 Å². The predicted molar refractivity (Wildman–Crippen MR) is 118 cm³/mol. The van der Waals surface area contributed by atoms with Crippen LogP contribution in [0.5, 0.6) is 5.75 Å². The quantitative estimate of drug-likeness (QED) is 0.484. The van der Waals surface area contributed by atoms with Crippen LogP contribution in [0.25, 0.3) is 5.82 Å². The van der Waals surface area contributed by atoms with Gasteiger partial charge < -0.3 is 25.5 Å². The Bertz CT molecular complexity index is 1240. The lowest BCUT2D eigenvalue weighted by molar-refractivity contribution is -0.118. The van der Waals surface area contributed by atoms with Crippen molar-refractivity contribution in [2.75, 3.05) is 25.0 Å². The minimum Gasteiger partial charge on any atom is -0.480 e. The van der Waals surface area contributed by atoms with Crippen molar-refractivity contribution in [1.29, 1.82) is 0 Å². The van der Waals surface area contributed by atoms with Crippen molar-refractivity contribution >= 4 is 23.3 Å². The van der Waals surface area contributed by atoms with Gasteiger partial charge in [0.1, 0.15) is 11.6 Å². The number of nitrogens with two attached hydrogens (primary N) is 1. The maximum absolute atomic E-state index is 12.3. The fraction of sp³-hybridized carbons (Fsp3) is 0.318. The number of ether oxygens (including phenoxy) is 1. The van der Waals surface area contributed by atoms with Gasteiger partial charge in [-0.2, -0.15) is 0 Å². The van der Waals surface area contributed by atoms with E-state index in [1.807, 2.05) is 18.2 Å². The Balaban J connectivity index is 1.19. The fourth-order valence-electron chi connectivity index (χ4n) is 4.19. The van der Waals surface area contributed by atoms with Crippen molar-refractivity contribution < 1.29 is 13.9 Å². The van der Waals surface area contributed by atoms with Gasteiger partial charge >= 0.3 is 5.76 Å². The third-order valence-corrected chi connectivity index (χ3v) is 6.19. The molecule has 5 rings (SSSR count). The van der Waals surface area contributed by atoms with E-state index in [9.17, 15) is 9.59 Å². The molecule has 2 aromatic heterocycles. The molecule has 2 aliphatic rings. The van der Waals surface area contributed by atoms with Gasteiger partial charge in [0.2, 0.25) is 0 Å². The highest BCUT2D eigenvalue weighted by Crippen LogP contribution is 2.37. The van der Waals surface area contributed by atoms with Crippen LogP contribution in [0.2, 0.25) is 5.02 Å². The fourth-order valence-corrected chi connectivity index (χ4v) is 4.45. The van der Waals surface area contributed by atoms with Crippen LogP contribution in [0.15, 0.2) is 45.7 Å². The molecule has 0 radical (unpaired) electrons. The number of pyridine rings is 1. The van der Waals surface area contributed by atoms with Gasteiger partial charge in [-0.05, 0) is 41.7 Å². The summed E-state index contributed by atoms with van der Waals surface area (Å²) in [5, 5.41) is 6.80. The minimum absolute atomic E-state index is 0.0465. The van der Waals surface area contributed by atoms with Crippen LogP contribution in [0, 0.1) is 5.92 Å². The molecule has 0 bridgehead atoms. The van der Waals surface area contributed by atoms with Crippen molar-refractivity contribution in [2.45, 2.75) is 18.9 Å². The first-order valence-electron chi connectivity index (χ1n) is 10.4. The second-order valence-electron chi connectivity index (χ2n) is 7.94. The lowest BCUT2D eigenvalue weighted by Gasteiger charge is -2.17. The smallest absolute Gasteiger partial charge is 0.424 e. The number of oxazole rings is 1. The molecular weight excluding hydrogens is 434 g/mol. The van der Waals surface area contributed by atoms with Crippen LogP contribution < -0.4 is 26.9 Å². The molecule has 0 spiro atoms. The van der Waals surface area contributed by atoms with E-state index >= 15 is 0 Å². The van der Waals surface area contributed by atoms with Gasteiger partial charge in [0.05, 0.1) is 6.20 Å². The highest BCUT2D eigenvalue weighted by Gasteiger charge is 2.30. The van der Waals surface area contributed by atoms with E-state index in [2.05, 4.69) is 15.6 Å². The first-order chi connectivity index (χ1) is 15.5. The summed E-state index contributed by atoms with van der Waals surface area (Å²) in [5.74, 6) is 1.04. The minimum atomic E-state index is -0.543. The Hall–Kier alpha value is -3.14. The zero-order chi connectivity index (χ0) is 22.2. The molecule has 9 nitrogen and oxygen atoms in total. The Kier molecular flexibility index (Phi) is 5.46. The molecule has 3 heterocycles. The molecule has 2 unspecified atom stereocenters. The number of fused-ring (bicyclic) bond motifs is 2. The SMILES string of the molecule is NC1c2cccc(Cl)c2CC1CNCCc1cn(-c2ccc3c(n2)NC(=O)CO3)c(=O)o1. The zero-order valence-electron chi connectivity index (χ0n) is 17.1. The van der Waals surface area contributed by atoms with E-state index in [1.54, 1.807) is 18.3 Å². The second kappa shape index (κ2) is 8.42. The highest BCUT2D eigenvalue weighted by molar-refractivity contribution is 6.31. The van der Waals surface area contributed by atoms with Crippen LogP contribution in [0.1, 0.15) is 22.9 Å². The molecule has 2 atom stereocenters. The summed E-state index contributed by atoms with van der Waals surface area (Å²) >= 11 is 6.30. The Morgan fingerprint density at radius 1 is 1.28 bits per heavy atom. The maximum Gasteiger partial charge on any atom is 0.424 e. The topological polar surface area (TPSA) is 124 Å². The molecule has 4 N–H and O–H groups in total. The van der Waals surface area contributed by atoms with Crippen molar-refractivity contribution in [2.24, 2.45) is 11.7 Å². The number of anilines is 1. The molecule has 1 aliphatic heterocycles. The number of halogens is 1. The second-order valence-corrected chi connectivity index (χ2v) is 8.35. The number of nitrogens with one attached hydrogen (secondary N) is 2. The van der Waals surface area contributed by atoms with Gasteiger partial charge in [-0.1, -0.05) is 23.7 Å². The summed E-state index contributed by atoms with van der Waals surface area (Å²) in [4.78, 5) is 28.1. The summed E-state index contributed by atoms with van der Waals surface area (Å²) in [6.07, 6.45) is 2.99. The molecule has 0 saturated heterocycles. The number of benzene rings is 1. The monoisotopic (exact) mass is 455 g/mol. The van der Waals surface area contributed by atoms with Crippen LogP contribution in [0.3, 0.4) is 0 Å². The van der Waals surface area contributed by atoms with Crippen LogP contribution in [-0.2, 0) is 17.6 Å². The summed E-state index contributed by atoms with van der Waals surface area (Å²) in [6.45, 7) is 1.31. The molecule has 3 aromatic rings. The Labute approximate surface area is 188 Å². The lowest BCUT2D eigenvalue weighted by Crippen LogP contribution is -2.30. The summed E-state index contributed by atoms with van der Waals surface area (Å²) in [5.41, 5.74) is 8.65. The largest absolute Gasteiger partial charge is 0.480 e. The number of carbonyl (C=O) groups excluding carboxylic acids is 1. The number of hydrogen-bond donors (Lipinski definition) is 3. The van der Waals surface area contributed by atoms with Crippen molar-refractivity contribution in [3.8, 4) is 11.6 Å². The molecule has 1 aromatic carbocycles. The van der Waals surface area contributed by atoms with Crippen LogP contribution in [-0.4, -0.2) is 35.2 Å². The molecular formula is C22H22ClN5O4. The average Bonchev–Trinajstić information content (AvgIpc) is 3.31. The number of rotatable bonds is 6. The van der Waals surface area contributed by atoms with Crippen molar-refractivity contribution in [3.05, 3.63) is 69.0 Å². The average molecular weight is 456 g/mol. The zero-order valence-corrected chi connectivity index (χ0v) is 17.9. The van der Waals surface area contributed by atoms with Crippen LogP contribution >= 0.6 is 11.6 Å². The third-order valence-electron chi connectivity index (χ3n) is 5.84. The van der Waals surface area contributed by atoms with Gasteiger partial charge in [0.25, 0.3) is 5.91 Å². The van der Waals surface area contributed by atoms with Crippen molar-refractivity contribution in [3.63, 3.8) is 0 Å². The number of aromatic nitrogens is 2. The maximum atomic E-state index is 12.3. The third kappa shape index (κ3) is 3.90. The van der Waals surface area contributed by atoms with Gasteiger partial charge in [-0.3, -0.25) is 4.79 Å². The lowest BCUT2D eigenvalue weighted by atomic mass is 10.0. The molecule has 0 fully saturated rings. The molecule has 10 heteroatoms. The number of hydrogen-bond acceptors (Lipinski definition) is 7. The molecule has 32 heavy (non-hydrogen) atoms. The molecule has 166 valence electrons. The number of nitrogens with zero attached hydrogens (tertiary/aromatic N) is 2. The van der Waals surface area contributed by atoms with Gasteiger partial charge in [0, 0.05) is 30.6 Å². The number of amides is 1. The normalized spacial score (nSPS) is 19.2. The Morgan fingerprint density at radius 3 is 3.00 bits per heavy atom. The standard InChI is InChI=1S/C22H22ClN5O4/c23-16-3-1-2-14-15(16)8-12(20(14)24)9-25-7-6-13-10-28(22(30)32-13)18-5-4-17-21(26-18)27-19(29)11-31-17/h1-5,10,12,20,25H,6-9,11,24H2,(H,26,27,29). The predicted octanol–water partition coefficient (Wildman–Crippen LogP) is 1.81. The van der Waals surface area contributed by atoms with E-state index in [4.69, 9.17) is 26.5 Å². The van der Waals surface area contributed by atoms with Crippen LogP contribution in [0.4, 0.5) is 5.82 Å². The molecule has 0 saturated carbocycles. The first-order valence-corrected chi connectivity index (χ1v) is 10.8. The van der Waals surface area contributed by atoms with Gasteiger partial charge in [0.15, 0.2) is 18.2 Å². The summed E-state index contributed by atoms with van der Waals surface area (Å²) in [6, 6.07) is 9.12. The summed E-state index contributed by atoms with van der Waals surface area (Å²) < 4.78 is 12.0. The van der Waals surface area contributed by atoms with E-state index in [-0.39, 0.29) is 30.3 Å².